The number of carbonyl (C=O) groups excluding carboxylic acids is 1. The Morgan fingerprint density at radius 1 is 1.07 bits per heavy atom. The second-order valence-electron chi connectivity index (χ2n) is 5.67. The molecular formula is C19H15ClF2N4O. The summed E-state index contributed by atoms with van der Waals surface area (Å²) in [6, 6.07) is 10.5. The van der Waals surface area contributed by atoms with Gasteiger partial charge in [-0.1, -0.05) is 23.7 Å². The number of nitrogens with one attached hydrogen (secondary N) is 2. The lowest BCUT2D eigenvalue weighted by Gasteiger charge is -2.08. The number of benzene rings is 2. The van der Waals surface area contributed by atoms with Gasteiger partial charge in [-0.2, -0.15) is 0 Å². The summed E-state index contributed by atoms with van der Waals surface area (Å²) < 4.78 is 26.5. The number of nitrogens with zero attached hydrogens (tertiary/aromatic N) is 2. The van der Waals surface area contributed by atoms with E-state index in [-0.39, 0.29) is 23.1 Å². The molecule has 1 amide bonds. The lowest BCUT2D eigenvalue weighted by molar-refractivity contribution is 0.0949. The highest BCUT2D eigenvalue weighted by Crippen LogP contribution is 2.18. The van der Waals surface area contributed by atoms with Gasteiger partial charge in [-0.05, 0) is 36.2 Å². The van der Waals surface area contributed by atoms with Gasteiger partial charge in [0.25, 0.3) is 5.91 Å². The molecule has 0 atom stereocenters. The molecule has 2 aromatic carbocycles. The van der Waals surface area contributed by atoms with Crippen molar-refractivity contribution in [2.45, 2.75) is 6.42 Å². The van der Waals surface area contributed by atoms with Gasteiger partial charge in [0.15, 0.2) is 0 Å². The monoisotopic (exact) mass is 388 g/mol. The predicted octanol–water partition coefficient (Wildman–Crippen LogP) is 4.12. The highest BCUT2D eigenvalue weighted by atomic mass is 35.5. The Kier molecular flexibility index (Phi) is 5.93. The largest absolute Gasteiger partial charge is 0.350 e. The topological polar surface area (TPSA) is 66.9 Å². The maximum absolute atomic E-state index is 13.6. The molecule has 3 aromatic rings. The van der Waals surface area contributed by atoms with Crippen molar-refractivity contribution in [3.63, 3.8) is 0 Å². The SMILES string of the molecule is O=C(NCCc1cccc(Cl)c1)c1cnc(Nc2ccc(F)cc2F)cn1. The van der Waals surface area contributed by atoms with Gasteiger partial charge in [-0.25, -0.2) is 18.7 Å². The summed E-state index contributed by atoms with van der Waals surface area (Å²) in [6.07, 6.45) is 3.20. The lowest BCUT2D eigenvalue weighted by Crippen LogP contribution is -2.26. The Morgan fingerprint density at radius 2 is 1.93 bits per heavy atom. The average molecular weight is 389 g/mol. The number of rotatable bonds is 6. The van der Waals surface area contributed by atoms with Gasteiger partial charge in [0, 0.05) is 17.6 Å². The zero-order valence-electron chi connectivity index (χ0n) is 14.0. The molecule has 0 saturated carbocycles. The van der Waals surface area contributed by atoms with E-state index >= 15 is 0 Å². The molecule has 1 aromatic heterocycles. The van der Waals surface area contributed by atoms with E-state index in [0.29, 0.717) is 18.0 Å². The molecule has 3 rings (SSSR count). The maximum atomic E-state index is 13.6. The second-order valence-corrected chi connectivity index (χ2v) is 6.11. The van der Waals surface area contributed by atoms with Gasteiger partial charge in [0.1, 0.15) is 23.1 Å². The number of halogens is 3. The molecule has 0 spiro atoms. The molecule has 0 fully saturated rings. The fraction of sp³-hybridized carbons (Fsp3) is 0.105. The molecule has 0 bridgehead atoms. The number of hydrogen-bond acceptors (Lipinski definition) is 4. The van der Waals surface area contributed by atoms with E-state index in [2.05, 4.69) is 20.6 Å². The first kappa shape index (κ1) is 18.7. The third kappa shape index (κ3) is 5.21. The number of amides is 1. The van der Waals surface area contributed by atoms with Crippen molar-refractivity contribution in [1.29, 1.82) is 0 Å². The zero-order valence-corrected chi connectivity index (χ0v) is 14.8. The van der Waals surface area contributed by atoms with Crippen molar-refractivity contribution in [2.24, 2.45) is 0 Å². The Bertz CT molecular complexity index is 951. The molecule has 0 aliphatic rings. The van der Waals surface area contributed by atoms with Gasteiger partial charge in [0.05, 0.1) is 18.1 Å². The Balaban J connectivity index is 1.55. The molecule has 27 heavy (non-hydrogen) atoms. The van der Waals surface area contributed by atoms with Gasteiger partial charge < -0.3 is 10.6 Å². The molecule has 0 aliphatic heterocycles. The first-order valence-electron chi connectivity index (χ1n) is 8.08. The quantitative estimate of drug-likeness (QED) is 0.666. The number of aromatic nitrogens is 2. The summed E-state index contributed by atoms with van der Waals surface area (Å²) in [5.74, 6) is -1.56. The maximum Gasteiger partial charge on any atom is 0.271 e. The molecular weight excluding hydrogens is 374 g/mol. The van der Waals surface area contributed by atoms with Crippen LogP contribution in [0.1, 0.15) is 16.1 Å². The molecule has 5 nitrogen and oxygen atoms in total. The summed E-state index contributed by atoms with van der Waals surface area (Å²) >= 11 is 5.92. The van der Waals surface area contributed by atoms with E-state index in [9.17, 15) is 13.6 Å². The van der Waals surface area contributed by atoms with E-state index in [4.69, 9.17) is 11.6 Å². The third-order valence-electron chi connectivity index (χ3n) is 3.67. The third-order valence-corrected chi connectivity index (χ3v) is 3.90. The predicted molar refractivity (Wildman–Crippen MR) is 99.2 cm³/mol. The van der Waals surface area contributed by atoms with Crippen molar-refractivity contribution >= 4 is 29.0 Å². The number of carbonyl (C=O) groups is 1. The Labute approximate surface area is 159 Å². The van der Waals surface area contributed by atoms with E-state index in [1.807, 2.05) is 18.2 Å². The van der Waals surface area contributed by atoms with Gasteiger partial charge in [-0.15, -0.1) is 0 Å². The Morgan fingerprint density at radius 3 is 2.63 bits per heavy atom. The molecule has 0 radical (unpaired) electrons. The van der Waals surface area contributed by atoms with Crippen LogP contribution in [0.2, 0.25) is 5.02 Å². The molecule has 8 heteroatoms. The van der Waals surface area contributed by atoms with Crippen molar-refractivity contribution in [1.82, 2.24) is 15.3 Å². The summed E-state index contributed by atoms with van der Waals surface area (Å²) in [5, 5.41) is 6.06. The van der Waals surface area contributed by atoms with Crippen molar-refractivity contribution < 1.29 is 13.6 Å². The molecule has 138 valence electrons. The van der Waals surface area contributed by atoms with Crippen LogP contribution in [-0.4, -0.2) is 22.4 Å². The Hall–Kier alpha value is -3.06. The lowest BCUT2D eigenvalue weighted by atomic mass is 10.1. The van der Waals surface area contributed by atoms with E-state index in [1.165, 1.54) is 18.5 Å². The number of anilines is 2. The van der Waals surface area contributed by atoms with Crippen LogP contribution in [0.25, 0.3) is 0 Å². The molecule has 0 aliphatic carbocycles. The average Bonchev–Trinajstić information content (AvgIpc) is 2.64. The van der Waals surface area contributed by atoms with Crippen molar-refractivity contribution in [2.75, 3.05) is 11.9 Å². The van der Waals surface area contributed by atoms with Crippen LogP contribution in [0.15, 0.2) is 54.9 Å². The van der Waals surface area contributed by atoms with Crippen LogP contribution in [0.5, 0.6) is 0 Å². The van der Waals surface area contributed by atoms with Crippen LogP contribution in [0.4, 0.5) is 20.3 Å². The minimum atomic E-state index is -0.750. The first-order valence-corrected chi connectivity index (χ1v) is 8.46. The zero-order chi connectivity index (χ0) is 19.2. The standard InChI is InChI=1S/C19H15ClF2N4O/c20-13-3-1-2-12(8-13)6-7-23-19(27)17-10-25-18(11-24-17)26-16-5-4-14(21)9-15(16)22/h1-5,8-11H,6-7H2,(H,23,27)(H,25,26). The summed E-state index contributed by atoms with van der Waals surface area (Å²) in [4.78, 5) is 20.1. The molecule has 1 heterocycles. The van der Waals surface area contributed by atoms with Gasteiger partial charge >= 0.3 is 0 Å². The van der Waals surface area contributed by atoms with Crippen LogP contribution < -0.4 is 10.6 Å². The minimum Gasteiger partial charge on any atom is -0.350 e. The highest BCUT2D eigenvalue weighted by Gasteiger charge is 2.09. The van der Waals surface area contributed by atoms with E-state index < -0.39 is 11.6 Å². The second kappa shape index (κ2) is 8.55. The van der Waals surface area contributed by atoms with E-state index in [1.54, 1.807) is 6.07 Å². The smallest absolute Gasteiger partial charge is 0.271 e. The van der Waals surface area contributed by atoms with Crippen molar-refractivity contribution in [3.8, 4) is 0 Å². The van der Waals surface area contributed by atoms with Crippen LogP contribution in [0, 0.1) is 11.6 Å². The molecule has 2 N–H and O–H groups in total. The summed E-state index contributed by atoms with van der Waals surface area (Å²) in [5.41, 5.74) is 1.20. The normalized spacial score (nSPS) is 10.5. The fourth-order valence-corrected chi connectivity index (χ4v) is 2.55. The number of hydrogen-bond donors (Lipinski definition) is 2. The minimum absolute atomic E-state index is 0.0597. The fourth-order valence-electron chi connectivity index (χ4n) is 2.34. The molecule has 0 unspecified atom stereocenters. The van der Waals surface area contributed by atoms with Gasteiger partial charge in [0.2, 0.25) is 0 Å². The van der Waals surface area contributed by atoms with Crippen LogP contribution in [0.3, 0.4) is 0 Å². The van der Waals surface area contributed by atoms with Crippen molar-refractivity contribution in [3.05, 3.63) is 82.8 Å². The van der Waals surface area contributed by atoms with E-state index in [0.717, 1.165) is 17.7 Å². The van der Waals surface area contributed by atoms with Gasteiger partial charge in [-0.3, -0.25) is 4.79 Å². The van der Waals surface area contributed by atoms with Crippen LogP contribution in [-0.2, 0) is 6.42 Å². The van der Waals surface area contributed by atoms with Crippen LogP contribution >= 0.6 is 11.6 Å². The first-order chi connectivity index (χ1) is 13.0. The molecule has 0 saturated heterocycles. The summed E-state index contributed by atoms with van der Waals surface area (Å²) in [7, 11) is 0. The summed E-state index contributed by atoms with van der Waals surface area (Å²) in [6.45, 7) is 0.418. The highest BCUT2D eigenvalue weighted by molar-refractivity contribution is 6.30.